The highest BCUT2D eigenvalue weighted by Crippen LogP contribution is 2.39. The van der Waals surface area contributed by atoms with Crippen molar-refractivity contribution in [2.24, 2.45) is 0 Å². The third-order valence-electron chi connectivity index (χ3n) is 11.2. The van der Waals surface area contributed by atoms with Crippen LogP contribution in [0.15, 0.2) is 78.9 Å². The van der Waals surface area contributed by atoms with E-state index in [1.807, 2.05) is 60.7 Å². The van der Waals surface area contributed by atoms with Gasteiger partial charge in [-0.25, -0.2) is 0 Å². The van der Waals surface area contributed by atoms with Gasteiger partial charge in [-0.2, -0.15) is 0 Å². The molecular weight excluding hydrogens is 664 g/mol. The number of hydrogen-bond donors (Lipinski definition) is 3. The summed E-state index contributed by atoms with van der Waals surface area (Å²) >= 11 is 6.16. The average Bonchev–Trinajstić information content (AvgIpc) is 3.41. The summed E-state index contributed by atoms with van der Waals surface area (Å²) in [6.45, 7) is 1.60. The maximum Gasteiger partial charge on any atom is 0.250 e. The van der Waals surface area contributed by atoms with Crippen molar-refractivity contribution in [1.29, 1.82) is 0 Å². The fraction of sp³-hybridized carbons (Fsp3) is 0.450. The Morgan fingerprint density at radius 3 is 2.29 bits per heavy atom. The van der Waals surface area contributed by atoms with Crippen LogP contribution in [0.25, 0.3) is 0 Å². The minimum atomic E-state index is -0.877. The van der Waals surface area contributed by atoms with E-state index in [1.54, 1.807) is 21.9 Å². The molecule has 0 unspecified atom stereocenters. The van der Waals surface area contributed by atoms with Crippen LogP contribution >= 0.6 is 11.6 Å². The van der Waals surface area contributed by atoms with Crippen LogP contribution in [0, 0.1) is 0 Å². The van der Waals surface area contributed by atoms with Gasteiger partial charge in [0, 0.05) is 42.8 Å². The number of anilines is 1. The van der Waals surface area contributed by atoms with Gasteiger partial charge in [0.1, 0.15) is 18.1 Å². The molecule has 3 aromatic carbocycles. The zero-order valence-corrected chi connectivity index (χ0v) is 29.7. The van der Waals surface area contributed by atoms with Crippen molar-refractivity contribution >= 4 is 40.9 Å². The summed E-state index contributed by atoms with van der Waals surface area (Å²) in [5.41, 5.74) is 3.22. The van der Waals surface area contributed by atoms with Gasteiger partial charge in [0.2, 0.25) is 17.7 Å². The molecule has 3 heterocycles. The molecule has 7 rings (SSSR count). The lowest BCUT2D eigenvalue weighted by Crippen LogP contribution is -2.60. The topological polar surface area (TPSA) is 114 Å². The van der Waals surface area contributed by atoms with Gasteiger partial charge in [0.05, 0.1) is 12.7 Å². The van der Waals surface area contributed by atoms with Gasteiger partial charge in [-0.3, -0.25) is 19.2 Å². The smallest absolute Gasteiger partial charge is 0.250 e. The third-order valence-corrected chi connectivity index (χ3v) is 11.4. The summed E-state index contributed by atoms with van der Waals surface area (Å²) in [6, 6.07) is 24.2. The lowest BCUT2D eigenvalue weighted by atomic mass is 9.85. The second-order valence-corrected chi connectivity index (χ2v) is 14.9. The van der Waals surface area contributed by atoms with Crippen molar-refractivity contribution in [3.8, 4) is 0 Å². The normalized spacial score (nSPS) is 20.9. The van der Waals surface area contributed by atoms with Crippen molar-refractivity contribution in [3.63, 3.8) is 0 Å². The number of likely N-dealkylation sites (tertiary alicyclic amines) is 1. The number of halogens is 1. The Morgan fingerprint density at radius 2 is 1.57 bits per heavy atom. The Bertz CT molecular complexity index is 1720. The Hall–Kier alpha value is -4.41. The maximum absolute atomic E-state index is 14.3. The zero-order chi connectivity index (χ0) is 35.4. The number of hydrogen-bond acceptors (Lipinski definition) is 6. The average molecular weight is 711 g/mol. The molecule has 3 aliphatic heterocycles. The number of fused-ring (bicyclic) bond motifs is 1. The monoisotopic (exact) mass is 710 g/mol. The molecule has 3 N–H and O–H groups in total. The van der Waals surface area contributed by atoms with Crippen LogP contribution in [0.3, 0.4) is 0 Å². The number of carbonyl (C=O) groups excluding carboxylic acids is 4. The minimum absolute atomic E-state index is 0.0118. The molecular formula is C40H47ClN6O4. The molecule has 1 aliphatic carbocycles. The molecule has 4 amide bonds. The highest BCUT2D eigenvalue weighted by molar-refractivity contribution is 6.30. The number of piperidine rings is 1. The first-order valence-corrected chi connectivity index (χ1v) is 18.7. The molecule has 10 nitrogen and oxygen atoms in total. The number of nitrogens with zero attached hydrogens (tertiary/aromatic N) is 3. The second kappa shape index (κ2) is 15.5. The standard InChI is InChI=1S/C40H47ClN6O4/c41-31-17-15-28(16-18-31)23-35(44-37(49)34-24-29-9-7-8-10-30(29)25-42-34)38(50)45-21-19-40(20-22-45)39(51)46(27-47(40)33-13-5-2-6-14-33)26-36(48)43-32-11-3-1-4-12-32/h2,5-10,13-18,32,34-35,42H,1,3-4,11-12,19-27H2,(H,43,48)(H,44,49)/t34-,35+/m1/s1. The van der Waals surface area contributed by atoms with Crippen molar-refractivity contribution < 1.29 is 19.2 Å². The molecule has 3 fully saturated rings. The van der Waals surface area contributed by atoms with E-state index in [0.717, 1.165) is 42.5 Å². The lowest BCUT2D eigenvalue weighted by molar-refractivity contribution is -0.141. The van der Waals surface area contributed by atoms with Gasteiger partial charge in [0.25, 0.3) is 5.91 Å². The van der Waals surface area contributed by atoms with Crippen LogP contribution in [-0.4, -0.2) is 83.4 Å². The summed E-state index contributed by atoms with van der Waals surface area (Å²) < 4.78 is 0. The van der Waals surface area contributed by atoms with E-state index in [0.29, 0.717) is 57.0 Å². The number of carbonyl (C=O) groups is 4. The molecule has 0 bridgehead atoms. The lowest BCUT2D eigenvalue weighted by Gasteiger charge is -2.44. The molecule has 268 valence electrons. The summed E-state index contributed by atoms with van der Waals surface area (Å²) in [4.78, 5) is 61.0. The predicted molar refractivity (Wildman–Crippen MR) is 197 cm³/mol. The zero-order valence-electron chi connectivity index (χ0n) is 29.0. The van der Waals surface area contributed by atoms with Crippen molar-refractivity contribution in [3.05, 3.63) is 101 Å². The first kappa shape index (κ1) is 35.0. The van der Waals surface area contributed by atoms with E-state index in [-0.39, 0.29) is 36.2 Å². The number of benzene rings is 3. The number of amides is 4. The number of nitrogens with one attached hydrogen (secondary N) is 3. The van der Waals surface area contributed by atoms with Crippen LogP contribution in [0.5, 0.6) is 0 Å². The van der Waals surface area contributed by atoms with Gasteiger partial charge in [-0.05, 0) is 73.1 Å². The van der Waals surface area contributed by atoms with Gasteiger partial charge in [-0.1, -0.05) is 85.5 Å². The Morgan fingerprint density at radius 1 is 0.882 bits per heavy atom. The van der Waals surface area contributed by atoms with Crippen molar-refractivity contribution in [2.75, 3.05) is 31.2 Å². The summed E-state index contributed by atoms with van der Waals surface area (Å²) in [7, 11) is 0. The first-order valence-electron chi connectivity index (χ1n) is 18.3. The number of para-hydroxylation sites is 1. The largest absolute Gasteiger partial charge is 0.352 e. The summed E-state index contributed by atoms with van der Waals surface area (Å²) in [5.74, 6) is -0.588. The number of rotatable bonds is 9. The molecule has 3 aromatic rings. The van der Waals surface area contributed by atoms with Crippen LogP contribution < -0.4 is 20.9 Å². The molecule has 0 aromatic heterocycles. The van der Waals surface area contributed by atoms with E-state index < -0.39 is 17.6 Å². The maximum atomic E-state index is 14.3. The van der Waals surface area contributed by atoms with Crippen LogP contribution in [-0.2, 0) is 38.6 Å². The van der Waals surface area contributed by atoms with Gasteiger partial charge in [-0.15, -0.1) is 0 Å². The van der Waals surface area contributed by atoms with Gasteiger partial charge < -0.3 is 30.7 Å². The first-order chi connectivity index (χ1) is 24.8. The molecule has 4 aliphatic rings. The molecule has 2 atom stereocenters. The highest BCUT2D eigenvalue weighted by Gasteiger charge is 2.54. The van der Waals surface area contributed by atoms with Gasteiger partial charge >= 0.3 is 0 Å². The van der Waals surface area contributed by atoms with Crippen LogP contribution in [0.4, 0.5) is 5.69 Å². The van der Waals surface area contributed by atoms with E-state index in [2.05, 4.69) is 26.9 Å². The molecule has 11 heteroatoms. The fourth-order valence-electron chi connectivity index (χ4n) is 8.30. The Kier molecular flexibility index (Phi) is 10.6. The molecule has 1 spiro atoms. The molecule has 1 saturated carbocycles. The second-order valence-electron chi connectivity index (χ2n) is 14.5. The molecule has 0 radical (unpaired) electrons. The van der Waals surface area contributed by atoms with Crippen LogP contribution in [0.2, 0.25) is 5.02 Å². The minimum Gasteiger partial charge on any atom is -0.352 e. The predicted octanol–water partition coefficient (Wildman–Crippen LogP) is 4.20. The van der Waals surface area contributed by atoms with E-state index in [4.69, 9.17) is 11.6 Å². The summed E-state index contributed by atoms with van der Waals surface area (Å²) in [6.07, 6.45) is 7.07. The summed E-state index contributed by atoms with van der Waals surface area (Å²) in [5, 5.41) is 10.2. The van der Waals surface area contributed by atoms with E-state index in [1.165, 1.54) is 12.0 Å². The van der Waals surface area contributed by atoms with Crippen LogP contribution in [0.1, 0.15) is 61.6 Å². The quantitative estimate of drug-likeness (QED) is 0.307. The van der Waals surface area contributed by atoms with Crippen molar-refractivity contribution in [1.82, 2.24) is 25.8 Å². The Balaban J connectivity index is 1.06. The SMILES string of the molecule is O=C(CN1CN(c2ccccc2)C2(CCN(C(=O)[C@H](Cc3ccc(Cl)cc3)NC(=O)[C@H]3Cc4ccccc4CN3)CC2)C1=O)NC1CCCCC1. The molecule has 51 heavy (non-hydrogen) atoms. The van der Waals surface area contributed by atoms with Gasteiger partial charge in [0.15, 0.2) is 0 Å². The van der Waals surface area contributed by atoms with Crippen molar-refractivity contribution in [2.45, 2.75) is 88.0 Å². The Labute approximate surface area is 304 Å². The van der Waals surface area contributed by atoms with E-state index >= 15 is 0 Å². The third kappa shape index (κ3) is 7.77. The molecule has 2 saturated heterocycles. The highest BCUT2D eigenvalue weighted by atomic mass is 35.5. The fourth-order valence-corrected chi connectivity index (χ4v) is 8.43. The van der Waals surface area contributed by atoms with E-state index in [9.17, 15) is 19.2 Å².